The second-order valence-corrected chi connectivity index (χ2v) is 36.0. The van der Waals surface area contributed by atoms with Gasteiger partial charge in [0, 0.05) is 150 Å². The topological polar surface area (TPSA) is 308 Å². The third-order valence-electron chi connectivity index (χ3n) is 25.2. The minimum Gasteiger partial charge on any atom is -0.497 e. The monoisotopic (exact) mass is 1650 g/mol. The maximum Gasteiger partial charge on any atom is 0.248 e. The lowest BCUT2D eigenvalue weighted by Crippen LogP contribution is -2.42. The van der Waals surface area contributed by atoms with Crippen molar-refractivity contribution in [1.82, 2.24) is 64.8 Å². The normalized spacial score (nSPS) is 16.1. The minimum atomic E-state index is -3.06. The van der Waals surface area contributed by atoms with Gasteiger partial charge in [-0.05, 0) is 209 Å². The molecule has 5 aromatic carbocycles. The van der Waals surface area contributed by atoms with Crippen LogP contribution in [0.5, 0.6) is 17.2 Å². The van der Waals surface area contributed by atoms with E-state index in [1.807, 2.05) is 98.8 Å². The maximum atomic E-state index is 12.0. The summed E-state index contributed by atoms with van der Waals surface area (Å²) in [6.07, 6.45) is 23.1. The number of pyridine rings is 1. The number of rotatable bonds is 21. The average Bonchev–Trinajstić information content (AvgIpc) is 1.35. The number of nitrogens with two attached hydrogens (primary N) is 1. The number of H-pyrrole nitrogens is 3. The molecule has 10 heterocycles. The van der Waals surface area contributed by atoms with Gasteiger partial charge in [-0.25, -0.2) is 53.3 Å². The highest BCUT2D eigenvalue weighted by Gasteiger charge is 2.41. The predicted molar refractivity (Wildman–Crippen MR) is 481 cm³/mol. The van der Waals surface area contributed by atoms with Crippen LogP contribution < -0.4 is 34.6 Å². The zero-order chi connectivity index (χ0) is 85.4. The number of ether oxygens (including phenoxy) is 3. The van der Waals surface area contributed by atoms with Gasteiger partial charge in [0.05, 0.1) is 60.7 Å². The number of methoxy groups -OCH3 is 2. The summed E-state index contributed by atoms with van der Waals surface area (Å²) in [4.78, 5) is 89.0. The minimum absolute atomic E-state index is 0.0503. The van der Waals surface area contributed by atoms with Crippen molar-refractivity contribution in [2.45, 2.75) is 149 Å². The molecule has 18 rings (SSSR count). The first-order chi connectivity index (χ1) is 58.7. The molecule has 5 N–H and O–H groups in total. The van der Waals surface area contributed by atoms with Gasteiger partial charge < -0.3 is 49.6 Å². The van der Waals surface area contributed by atoms with E-state index in [1.54, 1.807) is 51.5 Å². The molecule has 0 radical (unpaired) electrons. The summed E-state index contributed by atoms with van der Waals surface area (Å²) in [7, 11) is 0.316. The highest BCUT2D eigenvalue weighted by Crippen LogP contribution is 2.46. The van der Waals surface area contributed by atoms with Gasteiger partial charge in [-0.15, -0.1) is 0 Å². The Morgan fingerprint density at radius 1 is 0.475 bits per heavy atom. The molecule has 0 spiro atoms. The molecule has 122 heavy (non-hydrogen) atoms. The number of carbonyl (C=O) groups excluding carboxylic acids is 2. The molecule has 6 aliphatic rings. The first-order valence-corrected chi connectivity index (χ1v) is 44.1. The summed E-state index contributed by atoms with van der Waals surface area (Å²) in [5.41, 5.74) is 30.6. The molecule has 3 aliphatic carbocycles. The Balaban J connectivity index is 0.000000136. The smallest absolute Gasteiger partial charge is 0.248 e. The number of imidazole rings is 3. The van der Waals surface area contributed by atoms with E-state index in [-0.39, 0.29) is 27.8 Å². The summed E-state index contributed by atoms with van der Waals surface area (Å²) in [5.74, 6) is 8.35. The molecule has 25 heteroatoms. The number of sulfone groups is 1. The molecule has 1 amide bonds. The van der Waals surface area contributed by atoms with E-state index in [0.29, 0.717) is 24.3 Å². The summed E-state index contributed by atoms with van der Waals surface area (Å²) in [6.45, 7) is 25.0. The van der Waals surface area contributed by atoms with Crippen LogP contribution in [0.1, 0.15) is 197 Å². The van der Waals surface area contributed by atoms with Gasteiger partial charge in [0.25, 0.3) is 0 Å². The molecular formula is C97H105N17O7S. The molecule has 626 valence electrons. The number of hydrogen-bond donors (Lipinski definition) is 4. The summed E-state index contributed by atoms with van der Waals surface area (Å²) < 4.78 is 39.8. The number of nitrogens with one attached hydrogen (secondary N) is 3. The fourth-order valence-corrected chi connectivity index (χ4v) is 18.5. The van der Waals surface area contributed by atoms with Crippen LogP contribution in [0.4, 0.5) is 17.5 Å². The van der Waals surface area contributed by atoms with Crippen LogP contribution in [0.25, 0.3) is 68.7 Å². The Morgan fingerprint density at radius 2 is 0.893 bits per heavy atom. The summed E-state index contributed by atoms with van der Waals surface area (Å²) >= 11 is 0. The van der Waals surface area contributed by atoms with E-state index in [1.165, 1.54) is 17.4 Å². The van der Waals surface area contributed by atoms with Crippen molar-refractivity contribution >= 4 is 73.9 Å². The molecule has 0 saturated carbocycles. The highest BCUT2D eigenvalue weighted by atomic mass is 32.2. The molecular weight excluding hydrogens is 1550 g/mol. The Hall–Kier alpha value is -12.8. The average molecular weight is 1650 g/mol. The zero-order valence-corrected chi connectivity index (χ0v) is 72.4. The Morgan fingerprint density at radius 3 is 1.30 bits per heavy atom. The van der Waals surface area contributed by atoms with Crippen molar-refractivity contribution in [3.63, 3.8) is 0 Å². The van der Waals surface area contributed by atoms with Crippen LogP contribution in [0, 0.1) is 27.7 Å². The number of hydrogen-bond acceptors (Lipinski definition) is 20. The second-order valence-electron chi connectivity index (χ2n) is 33.8. The molecule has 0 unspecified atom stereocenters. The molecule has 12 aromatic rings. The number of fused-ring (bicyclic) bond motifs is 3. The largest absolute Gasteiger partial charge is 0.497 e. The third kappa shape index (κ3) is 17.3. The van der Waals surface area contributed by atoms with Gasteiger partial charge in [-0.3, -0.25) is 14.6 Å². The van der Waals surface area contributed by atoms with Crippen LogP contribution in [-0.4, -0.2) is 151 Å². The Bertz CT molecular complexity index is 6140. The maximum absolute atomic E-state index is 12.0. The van der Waals surface area contributed by atoms with E-state index in [9.17, 15) is 18.0 Å². The lowest BCUT2D eigenvalue weighted by Gasteiger charge is -2.39. The number of benzene rings is 5. The highest BCUT2D eigenvalue weighted by molar-refractivity contribution is 7.89. The van der Waals surface area contributed by atoms with Crippen molar-refractivity contribution in [3.05, 3.63) is 260 Å². The second kappa shape index (κ2) is 34.4. The van der Waals surface area contributed by atoms with E-state index in [0.717, 1.165) is 267 Å². The third-order valence-corrected chi connectivity index (χ3v) is 26.1. The SMILES string of the molecule is CCOc1ccc(-c2nc(C3(C)CCN(c4ncnc5c4C=C(c4ccc(C(=O)CC)nc4)C5)CC3)[nH]c2C)cc1.COc1ccc(-c2nc(C3(C)CCN(c4ncnc5c4C=C(c4ccc(CS(C)(=O)=O)cc4)C5)CC3)[nH]c2C)cc1C.COc1cccc(-c2nc(C3(C)CCN(c4ncnc5c4C=C(c4ccc(C(N)=O)cc4)C5)CC3)[nH]c2C)c1. The van der Waals surface area contributed by atoms with Crippen molar-refractivity contribution in [1.29, 1.82) is 0 Å². The standard InChI is InChI=1S/C33H36N6O2.C33H37N5O3S.C31H32N6O2/c1-5-29(40)27-12-9-23(19-34-27)24-17-26-28(18-24)35-20-36-31(26)39-15-13-33(4,14-16-39)32-37-21(3)30(38-32)22-7-10-25(11-8-22)41-6-2;1-21-16-25(10-11-29(21)41-4)30-22(2)36-32(37-30)33(3)12-14-38(15-13-33)31-27-17-26(18-28(27)34-20-35-31)24-8-6-23(7-9-24)19-42(5,39)40;1-19-27(22-5-4-6-24(15-22)39-3)36-30(35-19)31(2)11-13-37(14-12-31)29-25-16-23(17-26(25)33-18-34-29)20-7-9-21(10-8-20)28(32)38/h7-12,17,19-20H,5-6,13-16,18H2,1-4H3,(H,37,38);6-11,16-17,20H,12-15,18-19H2,1-5H3,(H,36,37);4-10,15-16,18H,11-14,17H2,1-3H3,(H2,32,38)(H,35,36). The molecule has 3 saturated heterocycles. The number of carbonyl (C=O) groups is 2. The van der Waals surface area contributed by atoms with Crippen molar-refractivity contribution in [2.24, 2.45) is 5.73 Å². The zero-order valence-electron chi connectivity index (χ0n) is 71.6. The lowest BCUT2D eigenvalue weighted by molar-refractivity contribution is 0.0980. The van der Waals surface area contributed by atoms with Crippen LogP contribution in [0.2, 0.25) is 0 Å². The number of aromatic nitrogens is 13. The number of aromatic amines is 3. The van der Waals surface area contributed by atoms with Crippen LogP contribution in [-0.2, 0) is 51.1 Å². The lowest BCUT2D eigenvalue weighted by atomic mass is 9.79. The van der Waals surface area contributed by atoms with Gasteiger partial charge >= 0.3 is 0 Å². The fraction of sp³-hybridized carbons (Fsp3) is 0.340. The summed E-state index contributed by atoms with van der Waals surface area (Å²) in [6, 6.07) is 41.5. The molecule has 24 nitrogen and oxygen atoms in total. The number of nitrogens with zero attached hydrogens (tertiary/aromatic N) is 13. The number of allylic oxidation sites excluding steroid dienone is 3. The number of ketones is 1. The number of aryl methyl sites for hydroxylation is 4. The van der Waals surface area contributed by atoms with Gasteiger partial charge in [-0.1, -0.05) is 82.3 Å². The quantitative estimate of drug-likeness (QED) is 0.0486. The van der Waals surface area contributed by atoms with Gasteiger partial charge in [-0.2, -0.15) is 0 Å². The van der Waals surface area contributed by atoms with Crippen molar-refractivity contribution in [3.8, 4) is 51.0 Å². The number of Topliss-reactive ketones (excluding diaryl/α,β-unsaturated/α-hetero) is 1. The molecule has 3 aliphatic heterocycles. The van der Waals surface area contributed by atoms with E-state index >= 15 is 0 Å². The number of anilines is 3. The fourth-order valence-electron chi connectivity index (χ4n) is 17.7. The number of amides is 1. The molecule has 0 atom stereocenters. The summed E-state index contributed by atoms with van der Waals surface area (Å²) in [5, 5.41) is 0. The Kier molecular flexibility index (Phi) is 23.4. The number of primary amides is 1. The van der Waals surface area contributed by atoms with Gasteiger partial charge in [0.2, 0.25) is 5.91 Å². The van der Waals surface area contributed by atoms with Gasteiger partial charge in [0.15, 0.2) is 15.6 Å². The van der Waals surface area contributed by atoms with Crippen LogP contribution in [0.3, 0.4) is 0 Å². The molecule has 7 aromatic heterocycles. The van der Waals surface area contributed by atoms with Crippen LogP contribution >= 0.6 is 0 Å². The predicted octanol–water partition coefficient (Wildman–Crippen LogP) is 16.8. The van der Waals surface area contributed by atoms with Crippen molar-refractivity contribution < 1.29 is 32.2 Å². The van der Waals surface area contributed by atoms with Crippen LogP contribution in [0.15, 0.2) is 153 Å². The Labute approximate surface area is 713 Å². The number of piperidine rings is 3. The van der Waals surface area contributed by atoms with Gasteiger partial charge in [0.1, 0.15) is 76.9 Å². The molecule has 0 bridgehead atoms. The van der Waals surface area contributed by atoms with E-state index in [2.05, 4.69) is 147 Å². The molecule has 3 fully saturated rings. The van der Waals surface area contributed by atoms with E-state index in [4.69, 9.17) is 49.8 Å². The first-order valence-electron chi connectivity index (χ1n) is 42.0. The van der Waals surface area contributed by atoms with E-state index < -0.39 is 15.7 Å². The first kappa shape index (κ1) is 82.9. The van der Waals surface area contributed by atoms with Crippen molar-refractivity contribution in [2.75, 3.05) is 81.1 Å².